The molecule has 0 atom stereocenters. The minimum Gasteiger partial charge on any atom is -0.491 e. The van der Waals surface area contributed by atoms with Gasteiger partial charge in [-0.2, -0.15) is 0 Å². The molecule has 0 spiro atoms. The van der Waals surface area contributed by atoms with Crippen molar-refractivity contribution in [2.75, 3.05) is 11.9 Å². The first kappa shape index (κ1) is 13.4. The Hall–Kier alpha value is -2.03. The molecule has 0 aliphatic rings. The first-order valence-corrected chi connectivity index (χ1v) is 6.66. The van der Waals surface area contributed by atoms with E-state index in [-0.39, 0.29) is 6.10 Å². The topological polar surface area (TPSA) is 34.2 Å². The lowest BCUT2D eigenvalue weighted by Crippen LogP contribution is -2.05. The van der Waals surface area contributed by atoms with Crippen molar-refractivity contribution in [3.63, 3.8) is 0 Å². The summed E-state index contributed by atoms with van der Waals surface area (Å²) in [6.45, 7) is 7.03. The maximum atomic E-state index is 5.71. The van der Waals surface area contributed by atoms with Crippen molar-refractivity contribution in [2.45, 2.75) is 26.9 Å². The fourth-order valence-electron chi connectivity index (χ4n) is 1.90. The number of hydrogen-bond acceptors (Lipinski definition) is 3. The van der Waals surface area contributed by atoms with Crippen molar-refractivity contribution in [3.8, 4) is 17.0 Å². The van der Waals surface area contributed by atoms with Crippen molar-refractivity contribution in [1.29, 1.82) is 0 Å². The molecule has 1 N–H and O–H groups in total. The monoisotopic (exact) mass is 256 g/mol. The van der Waals surface area contributed by atoms with Gasteiger partial charge < -0.3 is 10.1 Å². The molecule has 0 bridgehead atoms. The maximum absolute atomic E-state index is 5.71. The van der Waals surface area contributed by atoms with Gasteiger partial charge in [0.2, 0.25) is 0 Å². The maximum Gasteiger partial charge on any atom is 0.120 e. The highest BCUT2D eigenvalue weighted by Gasteiger charge is 2.03. The van der Waals surface area contributed by atoms with Crippen LogP contribution in [-0.2, 0) is 0 Å². The van der Waals surface area contributed by atoms with Gasteiger partial charge >= 0.3 is 0 Å². The summed E-state index contributed by atoms with van der Waals surface area (Å²) in [7, 11) is 0. The summed E-state index contributed by atoms with van der Waals surface area (Å²) >= 11 is 0. The van der Waals surface area contributed by atoms with Gasteiger partial charge in [-0.1, -0.05) is 12.1 Å². The Morgan fingerprint density at radius 1 is 1.21 bits per heavy atom. The average Bonchev–Trinajstić information content (AvgIpc) is 2.39. The summed E-state index contributed by atoms with van der Waals surface area (Å²) in [4.78, 5) is 4.42. The molecule has 19 heavy (non-hydrogen) atoms. The second kappa shape index (κ2) is 6.23. The minimum atomic E-state index is 0.177. The normalized spacial score (nSPS) is 10.5. The largest absolute Gasteiger partial charge is 0.491 e. The van der Waals surface area contributed by atoms with E-state index in [4.69, 9.17) is 4.74 Å². The van der Waals surface area contributed by atoms with E-state index in [9.17, 15) is 0 Å². The fraction of sp³-hybridized carbons (Fsp3) is 0.312. The van der Waals surface area contributed by atoms with Crippen molar-refractivity contribution in [3.05, 3.63) is 42.6 Å². The van der Waals surface area contributed by atoms with Gasteiger partial charge in [0, 0.05) is 24.0 Å². The van der Waals surface area contributed by atoms with E-state index >= 15 is 0 Å². The number of benzene rings is 1. The lowest BCUT2D eigenvalue weighted by molar-refractivity contribution is 0.242. The third kappa shape index (κ3) is 3.71. The zero-order chi connectivity index (χ0) is 13.7. The number of nitrogens with zero attached hydrogens (tertiary/aromatic N) is 1. The number of anilines is 1. The van der Waals surface area contributed by atoms with Crippen molar-refractivity contribution >= 4 is 5.69 Å². The van der Waals surface area contributed by atoms with Crippen LogP contribution < -0.4 is 10.1 Å². The summed E-state index contributed by atoms with van der Waals surface area (Å²) in [5.74, 6) is 0.878. The molecule has 2 aromatic rings. The SMILES string of the molecule is CCNc1ccnc(-c2cccc(OC(C)C)c2)c1. The Morgan fingerprint density at radius 2 is 2.05 bits per heavy atom. The summed E-state index contributed by atoms with van der Waals surface area (Å²) in [6, 6.07) is 12.1. The van der Waals surface area contributed by atoms with Crippen molar-refractivity contribution in [2.24, 2.45) is 0 Å². The summed E-state index contributed by atoms with van der Waals surface area (Å²) < 4.78 is 5.71. The number of pyridine rings is 1. The molecule has 0 aliphatic heterocycles. The molecule has 0 unspecified atom stereocenters. The van der Waals surface area contributed by atoms with Gasteiger partial charge in [0.25, 0.3) is 0 Å². The molecule has 0 saturated carbocycles. The second-order valence-electron chi connectivity index (χ2n) is 4.65. The van der Waals surface area contributed by atoms with Gasteiger partial charge in [-0.15, -0.1) is 0 Å². The predicted molar refractivity (Wildman–Crippen MR) is 79.6 cm³/mol. The molecule has 0 amide bonds. The van der Waals surface area contributed by atoms with Crippen LogP contribution in [0.2, 0.25) is 0 Å². The second-order valence-corrected chi connectivity index (χ2v) is 4.65. The molecule has 2 rings (SSSR count). The first-order valence-electron chi connectivity index (χ1n) is 6.66. The van der Waals surface area contributed by atoms with E-state index in [0.717, 1.165) is 29.2 Å². The summed E-state index contributed by atoms with van der Waals surface area (Å²) in [5.41, 5.74) is 3.10. The Kier molecular flexibility index (Phi) is 4.39. The van der Waals surface area contributed by atoms with Crippen LogP contribution in [0.25, 0.3) is 11.3 Å². The van der Waals surface area contributed by atoms with E-state index < -0.39 is 0 Å². The molecule has 1 heterocycles. The number of nitrogens with one attached hydrogen (secondary N) is 1. The van der Waals surface area contributed by atoms with Gasteiger partial charge in [0.05, 0.1) is 11.8 Å². The molecule has 1 aromatic heterocycles. The molecule has 0 radical (unpaired) electrons. The van der Waals surface area contributed by atoms with E-state index in [1.165, 1.54) is 0 Å². The van der Waals surface area contributed by atoms with E-state index in [0.29, 0.717) is 0 Å². The van der Waals surface area contributed by atoms with Crippen molar-refractivity contribution in [1.82, 2.24) is 4.98 Å². The van der Waals surface area contributed by atoms with Crippen LogP contribution in [-0.4, -0.2) is 17.6 Å². The highest BCUT2D eigenvalue weighted by Crippen LogP contribution is 2.24. The number of aromatic nitrogens is 1. The van der Waals surface area contributed by atoms with Gasteiger partial charge in [-0.05, 0) is 45.0 Å². The molecule has 3 heteroatoms. The van der Waals surface area contributed by atoms with Crippen LogP contribution in [0.1, 0.15) is 20.8 Å². The molecular formula is C16H20N2O. The highest BCUT2D eigenvalue weighted by molar-refractivity contribution is 5.65. The lowest BCUT2D eigenvalue weighted by atomic mass is 10.1. The van der Waals surface area contributed by atoms with Gasteiger partial charge in [0.1, 0.15) is 5.75 Å². The van der Waals surface area contributed by atoms with E-state index in [2.05, 4.69) is 23.3 Å². The lowest BCUT2D eigenvalue weighted by Gasteiger charge is -2.11. The summed E-state index contributed by atoms with van der Waals surface area (Å²) in [5, 5.41) is 3.29. The van der Waals surface area contributed by atoms with Crippen molar-refractivity contribution < 1.29 is 4.74 Å². The molecule has 0 saturated heterocycles. The zero-order valence-electron chi connectivity index (χ0n) is 11.7. The molecule has 0 fully saturated rings. The summed E-state index contributed by atoms with van der Waals surface area (Å²) in [6.07, 6.45) is 2.00. The minimum absolute atomic E-state index is 0.177. The zero-order valence-corrected chi connectivity index (χ0v) is 11.7. The molecule has 1 aromatic carbocycles. The van der Waals surface area contributed by atoms with E-state index in [1.807, 2.05) is 50.4 Å². The predicted octanol–water partition coefficient (Wildman–Crippen LogP) is 3.97. The highest BCUT2D eigenvalue weighted by atomic mass is 16.5. The van der Waals surface area contributed by atoms with Gasteiger partial charge in [-0.3, -0.25) is 4.98 Å². The Bertz CT molecular complexity index is 538. The van der Waals surface area contributed by atoms with Gasteiger partial charge in [-0.25, -0.2) is 0 Å². The Balaban J connectivity index is 2.28. The Labute approximate surface area is 114 Å². The smallest absolute Gasteiger partial charge is 0.120 e. The standard InChI is InChI=1S/C16H20N2O/c1-4-17-14-8-9-18-16(11-14)13-6-5-7-15(10-13)19-12(2)3/h5-12H,4H2,1-3H3,(H,17,18). The fourth-order valence-corrected chi connectivity index (χ4v) is 1.90. The Morgan fingerprint density at radius 3 is 2.79 bits per heavy atom. The number of hydrogen-bond donors (Lipinski definition) is 1. The quantitative estimate of drug-likeness (QED) is 0.879. The molecular weight excluding hydrogens is 236 g/mol. The average molecular weight is 256 g/mol. The van der Waals surface area contributed by atoms with Crippen LogP contribution >= 0.6 is 0 Å². The molecule has 100 valence electrons. The van der Waals surface area contributed by atoms with Crippen LogP contribution in [0.3, 0.4) is 0 Å². The number of rotatable bonds is 5. The van der Waals surface area contributed by atoms with Crippen LogP contribution in [0, 0.1) is 0 Å². The number of ether oxygens (including phenoxy) is 1. The van der Waals surface area contributed by atoms with Crippen LogP contribution in [0.5, 0.6) is 5.75 Å². The first-order chi connectivity index (χ1) is 9.19. The van der Waals surface area contributed by atoms with Crippen LogP contribution in [0.4, 0.5) is 5.69 Å². The molecule has 3 nitrogen and oxygen atoms in total. The van der Waals surface area contributed by atoms with Crippen LogP contribution in [0.15, 0.2) is 42.6 Å². The molecule has 0 aliphatic carbocycles. The van der Waals surface area contributed by atoms with Gasteiger partial charge in [0.15, 0.2) is 0 Å². The third-order valence-electron chi connectivity index (χ3n) is 2.64. The van der Waals surface area contributed by atoms with E-state index in [1.54, 1.807) is 0 Å². The third-order valence-corrected chi connectivity index (χ3v) is 2.64.